The lowest BCUT2D eigenvalue weighted by atomic mass is 10.0. The summed E-state index contributed by atoms with van der Waals surface area (Å²) >= 11 is 0. The molecule has 82 valence electrons. The Morgan fingerprint density at radius 1 is 1.33 bits per heavy atom. The molecular weight excluding hydrogens is 200 g/mol. The highest BCUT2D eigenvalue weighted by molar-refractivity contribution is 5.35. The number of phenols is 1. The Labute approximate surface area is 86.9 Å². The minimum Gasteiger partial charge on any atom is -0.505 e. The summed E-state index contributed by atoms with van der Waals surface area (Å²) in [6.45, 7) is 0.905. The molecule has 4 heteroatoms. The predicted octanol–water partition coefficient (Wildman–Crippen LogP) is 1.96. The van der Waals surface area contributed by atoms with E-state index in [4.69, 9.17) is 0 Å². The highest BCUT2D eigenvalue weighted by Crippen LogP contribution is 2.26. The van der Waals surface area contributed by atoms with E-state index in [1.807, 2.05) is 0 Å². The topological polar surface area (TPSA) is 32.3 Å². The van der Waals surface area contributed by atoms with E-state index in [0.29, 0.717) is 6.42 Å². The number of nitrogens with one attached hydrogen (secondary N) is 1. The average Bonchev–Trinajstić information content (AvgIpc) is 2.71. The van der Waals surface area contributed by atoms with Gasteiger partial charge < -0.3 is 10.4 Å². The maximum atomic E-state index is 13.3. The lowest BCUT2D eigenvalue weighted by Crippen LogP contribution is -2.24. The van der Waals surface area contributed by atoms with Crippen LogP contribution in [0.15, 0.2) is 12.1 Å². The predicted molar refractivity (Wildman–Crippen MR) is 52.8 cm³/mol. The molecule has 0 spiro atoms. The van der Waals surface area contributed by atoms with E-state index in [9.17, 15) is 13.9 Å². The molecule has 1 atom stereocenters. The SMILES string of the molecule is Oc1c(F)ccc(F)c1CC1CCCN1. The van der Waals surface area contributed by atoms with Crippen molar-refractivity contribution in [3.05, 3.63) is 29.3 Å². The van der Waals surface area contributed by atoms with Crippen molar-refractivity contribution in [1.82, 2.24) is 5.32 Å². The first-order chi connectivity index (χ1) is 7.18. The fourth-order valence-electron chi connectivity index (χ4n) is 1.95. The van der Waals surface area contributed by atoms with E-state index in [0.717, 1.165) is 31.5 Å². The van der Waals surface area contributed by atoms with Crippen molar-refractivity contribution in [2.45, 2.75) is 25.3 Å². The van der Waals surface area contributed by atoms with Crippen molar-refractivity contribution in [2.75, 3.05) is 6.54 Å². The molecule has 0 aromatic heterocycles. The zero-order chi connectivity index (χ0) is 10.8. The standard InChI is InChI=1S/C11H13F2NO/c12-9-3-4-10(13)11(15)8(9)6-7-2-1-5-14-7/h3-4,7,14-15H,1-2,5-6H2. The summed E-state index contributed by atoms with van der Waals surface area (Å²) < 4.78 is 26.3. The van der Waals surface area contributed by atoms with Crippen LogP contribution in [0.4, 0.5) is 8.78 Å². The first-order valence-corrected chi connectivity index (χ1v) is 5.07. The third kappa shape index (κ3) is 2.09. The van der Waals surface area contributed by atoms with Gasteiger partial charge in [0.2, 0.25) is 0 Å². The Morgan fingerprint density at radius 2 is 2.07 bits per heavy atom. The summed E-state index contributed by atoms with van der Waals surface area (Å²) in [4.78, 5) is 0. The van der Waals surface area contributed by atoms with E-state index < -0.39 is 17.4 Å². The smallest absolute Gasteiger partial charge is 0.165 e. The number of aromatic hydroxyl groups is 1. The van der Waals surface area contributed by atoms with Crippen LogP contribution in [0.1, 0.15) is 18.4 Å². The van der Waals surface area contributed by atoms with Gasteiger partial charge in [-0.2, -0.15) is 0 Å². The quantitative estimate of drug-likeness (QED) is 0.787. The molecule has 1 aromatic carbocycles. The van der Waals surface area contributed by atoms with Crippen LogP contribution in [0.2, 0.25) is 0 Å². The Morgan fingerprint density at radius 3 is 2.73 bits per heavy atom. The molecule has 1 heterocycles. The second-order valence-electron chi connectivity index (χ2n) is 3.85. The molecule has 1 aliphatic heterocycles. The van der Waals surface area contributed by atoms with Gasteiger partial charge in [0.25, 0.3) is 0 Å². The minimum absolute atomic E-state index is 0.0781. The molecule has 0 radical (unpaired) electrons. The van der Waals surface area contributed by atoms with Crippen molar-refractivity contribution in [3.8, 4) is 5.75 Å². The summed E-state index contributed by atoms with van der Waals surface area (Å²) in [6, 6.07) is 2.14. The first-order valence-electron chi connectivity index (χ1n) is 5.07. The highest BCUT2D eigenvalue weighted by Gasteiger charge is 2.20. The summed E-state index contributed by atoms with van der Waals surface area (Å²) in [7, 11) is 0. The molecule has 0 saturated carbocycles. The van der Waals surface area contributed by atoms with Crippen LogP contribution in [-0.2, 0) is 6.42 Å². The molecule has 1 saturated heterocycles. The number of hydrogen-bond acceptors (Lipinski definition) is 2. The van der Waals surface area contributed by atoms with Crippen LogP contribution in [0.25, 0.3) is 0 Å². The molecule has 0 aliphatic carbocycles. The fraction of sp³-hybridized carbons (Fsp3) is 0.455. The largest absolute Gasteiger partial charge is 0.505 e. The van der Waals surface area contributed by atoms with Gasteiger partial charge in [0.1, 0.15) is 5.82 Å². The van der Waals surface area contributed by atoms with Gasteiger partial charge in [0.15, 0.2) is 11.6 Å². The molecule has 1 unspecified atom stereocenters. The normalized spacial score (nSPS) is 20.8. The number of phenolic OH excluding ortho intramolecular Hbond substituents is 1. The summed E-state index contributed by atoms with van der Waals surface area (Å²) in [6.07, 6.45) is 2.33. The number of benzene rings is 1. The molecule has 1 fully saturated rings. The third-order valence-electron chi connectivity index (χ3n) is 2.79. The van der Waals surface area contributed by atoms with Crippen LogP contribution in [0.3, 0.4) is 0 Å². The van der Waals surface area contributed by atoms with Gasteiger partial charge in [-0.15, -0.1) is 0 Å². The minimum atomic E-state index is -0.760. The van der Waals surface area contributed by atoms with Crippen molar-refractivity contribution < 1.29 is 13.9 Å². The van der Waals surface area contributed by atoms with E-state index in [2.05, 4.69) is 5.32 Å². The van der Waals surface area contributed by atoms with E-state index in [1.165, 1.54) is 0 Å². The highest BCUT2D eigenvalue weighted by atomic mass is 19.1. The molecule has 1 aliphatic rings. The maximum Gasteiger partial charge on any atom is 0.165 e. The second-order valence-corrected chi connectivity index (χ2v) is 3.85. The first kappa shape index (κ1) is 10.4. The summed E-state index contributed by atoms with van der Waals surface area (Å²) in [5.74, 6) is -1.85. The van der Waals surface area contributed by atoms with Gasteiger partial charge in [-0.1, -0.05) is 0 Å². The van der Waals surface area contributed by atoms with Crippen LogP contribution in [0.5, 0.6) is 5.75 Å². The van der Waals surface area contributed by atoms with Gasteiger partial charge in [-0.3, -0.25) is 0 Å². The maximum absolute atomic E-state index is 13.3. The fourth-order valence-corrected chi connectivity index (χ4v) is 1.95. The van der Waals surface area contributed by atoms with Crippen molar-refractivity contribution in [3.63, 3.8) is 0 Å². The number of hydrogen-bond donors (Lipinski definition) is 2. The van der Waals surface area contributed by atoms with Gasteiger partial charge in [0.05, 0.1) is 0 Å². The van der Waals surface area contributed by atoms with Crippen LogP contribution >= 0.6 is 0 Å². The lowest BCUT2D eigenvalue weighted by molar-refractivity contribution is 0.412. The molecule has 2 rings (SSSR count). The molecule has 0 amide bonds. The monoisotopic (exact) mass is 213 g/mol. The molecule has 2 N–H and O–H groups in total. The Kier molecular flexibility index (Phi) is 2.86. The van der Waals surface area contributed by atoms with Crippen molar-refractivity contribution in [1.29, 1.82) is 0 Å². The van der Waals surface area contributed by atoms with Crippen LogP contribution in [-0.4, -0.2) is 17.7 Å². The van der Waals surface area contributed by atoms with Crippen molar-refractivity contribution >= 4 is 0 Å². The average molecular weight is 213 g/mol. The lowest BCUT2D eigenvalue weighted by Gasteiger charge is -2.12. The van der Waals surface area contributed by atoms with Gasteiger partial charge in [0, 0.05) is 11.6 Å². The molecular formula is C11H13F2NO. The van der Waals surface area contributed by atoms with E-state index in [-0.39, 0.29) is 11.6 Å². The number of halogens is 2. The molecule has 1 aromatic rings. The second kappa shape index (κ2) is 4.14. The van der Waals surface area contributed by atoms with Crippen molar-refractivity contribution in [2.24, 2.45) is 0 Å². The van der Waals surface area contributed by atoms with E-state index >= 15 is 0 Å². The van der Waals surface area contributed by atoms with E-state index in [1.54, 1.807) is 0 Å². The number of rotatable bonds is 2. The zero-order valence-electron chi connectivity index (χ0n) is 8.26. The summed E-state index contributed by atoms with van der Waals surface area (Å²) in [5, 5.41) is 12.6. The van der Waals surface area contributed by atoms with Crippen LogP contribution in [0, 0.1) is 11.6 Å². The van der Waals surface area contributed by atoms with Gasteiger partial charge in [-0.05, 0) is 37.9 Å². The molecule has 0 bridgehead atoms. The van der Waals surface area contributed by atoms with Gasteiger partial charge >= 0.3 is 0 Å². The van der Waals surface area contributed by atoms with Gasteiger partial charge in [-0.25, -0.2) is 8.78 Å². The Hall–Kier alpha value is -1.16. The summed E-state index contributed by atoms with van der Waals surface area (Å²) in [5.41, 5.74) is 0.0781. The molecule has 2 nitrogen and oxygen atoms in total. The Balaban J connectivity index is 2.22. The zero-order valence-corrected chi connectivity index (χ0v) is 8.26. The molecule has 15 heavy (non-hydrogen) atoms. The third-order valence-corrected chi connectivity index (χ3v) is 2.79. The van der Waals surface area contributed by atoms with Crippen LogP contribution < -0.4 is 5.32 Å². The Bertz CT molecular complexity index is 362.